The van der Waals surface area contributed by atoms with Gasteiger partial charge in [0.15, 0.2) is 11.6 Å². The molecule has 0 amide bonds. The fraction of sp³-hybridized carbons (Fsp3) is 0.200. The number of nitrogens with zero attached hydrogens (tertiary/aromatic N) is 2. The third-order valence-corrected chi connectivity index (χ3v) is 4.08. The number of aromatic nitrogens is 2. The van der Waals surface area contributed by atoms with Crippen molar-refractivity contribution in [2.45, 2.75) is 26.3 Å². The van der Waals surface area contributed by atoms with Gasteiger partial charge in [0.1, 0.15) is 17.3 Å². The predicted octanol–water partition coefficient (Wildman–Crippen LogP) is 5.51. The summed E-state index contributed by atoms with van der Waals surface area (Å²) in [4.78, 5) is 8.74. The van der Waals surface area contributed by atoms with Crippen LogP contribution < -0.4 is 10.6 Å². The van der Waals surface area contributed by atoms with E-state index in [0.29, 0.717) is 11.6 Å². The molecule has 2 aromatic carbocycles. The van der Waals surface area contributed by atoms with Gasteiger partial charge in [0.2, 0.25) is 5.95 Å². The van der Waals surface area contributed by atoms with Crippen LogP contribution in [0.25, 0.3) is 11.3 Å². The Morgan fingerprint density at radius 1 is 0.963 bits per heavy atom. The van der Waals surface area contributed by atoms with Crippen molar-refractivity contribution in [2.75, 3.05) is 10.6 Å². The average molecular weight is 372 g/mol. The summed E-state index contributed by atoms with van der Waals surface area (Å²) in [7, 11) is 0. The van der Waals surface area contributed by atoms with E-state index in [1.807, 2.05) is 44.2 Å². The molecule has 1 aromatic heterocycles. The molecule has 0 saturated heterocycles. The zero-order valence-corrected chi connectivity index (χ0v) is 14.9. The second kappa shape index (κ2) is 8.07. The molecule has 0 saturated carbocycles. The van der Waals surface area contributed by atoms with Crippen LogP contribution in [0.5, 0.6) is 0 Å². The van der Waals surface area contributed by atoms with Crippen molar-refractivity contribution in [1.29, 1.82) is 0 Å². The van der Waals surface area contributed by atoms with Gasteiger partial charge in [-0.2, -0.15) is 4.98 Å². The van der Waals surface area contributed by atoms with Crippen LogP contribution in [0.15, 0.2) is 48.5 Å². The van der Waals surface area contributed by atoms with Gasteiger partial charge in [-0.25, -0.2) is 18.2 Å². The van der Waals surface area contributed by atoms with Gasteiger partial charge in [0.05, 0.1) is 5.69 Å². The molecule has 0 aliphatic carbocycles. The largest absolute Gasteiger partial charge is 0.352 e. The molecular weight excluding hydrogens is 353 g/mol. The van der Waals surface area contributed by atoms with Gasteiger partial charge in [-0.05, 0) is 25.5 Å². The van der Waals surface area contributed by atoms with Crippen molar-refractivity contribution in [2.24, 2.45) is 0 Å². The van der Waals surface area contributed by atoms with E-state index >= 15 is 0 Å². The van der Waals surface area contributed by atoms with E-state index in [-0.39, 0.29) is 11.9 Å². The summed E-state index contributed by atoms with van der Waals surface area (Å²) in [5.74, 6) is -2.89. The topological polar surface area (TPSA) is 49.8 Å². The highest BCUT2D eigenvalue weighted by Crippen LogP contribution is 2.27. The number of anilines is 3. The lowest BCUT2D eigenvalue weighted by Crippen LogP contribution is -2.16. The fourth-order valence-corrected chi connectivity index (χ4v) is 2.42. The van der Waals surface area contributed by atoms with Crippen LogP contribution in [0.3, 0.4) is 0 Å². The molecule has 0 spiro atoms. The van der Waals surface area contributed by atoms with Crippen molar-refractivity contribution >= 4 is 17.5 Å². The predicted molar refractivity (Wildman–Crippen MR) is 100 cm³/mol. The normalized spacial score (nSPS) is 11.9. The highest BCUT2D eigenvalue weighted by atomic mass is 19.2. The van der Waals surface area contributed by atoms with Crippen LogP contribution in [0.4, 0.5) is 30.6 Å². The zero-order chi connectivity index (χ0) is 19.4. The van der Waals surface area contributed by atoms with Gasteiger partial charge in [0, 0.05) is 17.7 Å². The molecule has 3 rings (SSSR count). The van der Waals surface area contributed by atoms with Gasteiger partial charge in [-0.1, -0.05) is 37.3 Å². The summed E-state index contributed by atoms with van der Waals surface area (Å²) in [6.07, 6.45) is 0.842. The molecule has 140 valence electrons. The van der Waals surface area contributed by atoms with E-state index in [1.165, 1.54) is 0 Å². The molecule has 2 N–H and O–H groups in total. The molecule has 0 aliphatic rings. The standard InChI is InChI=1S/C20H19F3N4/c1-3-12(2)24-20-25-16(13-7-5-4-6-8-13)11-17(27-20)26-19-15(22)10-9-14(21)18(19)23/h4-12H,3H2,1-2H3,(H2,24,25,26,27)/t12-/m1/s1. The summed E-state index contributed by atoms with van der Waals surface area (Å²) in [6.45, 7) is 3.98. The summed E-state index contributed by atoms with van der Waals surface area (Å²) in [5, 5.41) is 5.69. The van der Waals surface area contributed by atoms with Gasteiger partial charge in [-0.15, -0.1) is 0 Å². The van der Waals surface area contributed by atoms with E-state index in [0.717, 1.165) is 24.1 Å². The zero-order valence-electron chi connectivity index (χ0n) is 14.9. The van der Waals surface area contributed by atoms with Crippen molar-refractivity contribution in [3.63, 3.8) is 0 Å². The number of benzene rings is 2. The summed E-state index contributed by atoms with van der Waals surface area (Å²) >= 11 is 0. The van der Waals surface area contributed by atoms with Gasteiger partial charge in [-0.3, -0.25) is 0 Å². The lowest BCUT2D eigenvalue weighted by atomic mass is 10.1. The van der Waals surface area contributed by atoms with Gasteiger partial charge >= 0.3 is 0 Å². The average Bonchev–Trinajstić information content (AvgIpc) is 2.68. The lowest BCUT2D eigenvalue weighted by molar-refractivity contribution is 0.499. The van der Waals surface area contributed by atoms with Gasteiger partial charge in [0.25, 0.3) is 0 Å². The van der Waals surface area contributed by atoms with Crippen molar-refractivity contribution in [3.8, 4) is 11.3 Å². The van der Waals surface area contributed by atoms with Crippen LogP contribution >= 0.6 is 0 Å². The van der Waals surface area contributed by atoms with Crippen LogP contribution in [0, 0.1) is 17.5 Å². The fourth-order valence-electron chi connectivity index (χ4n) is 2.42. The molecule has 1 atom stereocenters. The van der Waals surface area contributed by atoms with Crippen LogP contribution in [-0.2, 0) is 0 Å². The summed E-state index contributed by atoms with van der Waals surface area (Å²) < 4.78 is 41.5. The lowest BCUT2D eigenvalue weighted by Gasteiger charge is -2.15. The second-order valence-corrected chi connectivity index (χ2v) is 6.12. The molecule has 27 heavy (non-hydrogen) atoms. The first-order valence-corrected chi connectivity index (χ1v) is 8.59. The Kier molecular flexibility index (Phi) is 5.59. The smallest absolute Gasteiger partial charge is 0.225 e. The minimum absolute atomic E-state index is 0.103. The molecule has 7 heteroatoms. The quantitative estimate of drug-likeness (QED) is 0.560. The number of rotatable bonds is 6. The molecule has 3 aromatic rings. The molecule has 0 aliphatic heterocycles. The third-order valence-electron chi connectivity index (χ3n) is 4.08. The van der Waals surface area contributed by atoms with Crippen molar-refractivity contribution in [1.82, 2.24) is 9.97 Å². The number of halogens is 3. The Morgan fingerprint density at radius 2 is 1.67 bits per heavy atom. The first-order valence-electron chi connectivity index (χ1n) is 8.59. The monoisotopic (exact) mass is 372 g/mol. The first kappa shape index (κ1) is 18.7. The minimum Gasteiger partial charge on any atom is -0.352 e. The highest BCUT2D eigenvalue weighted by Gasteiger charge is 2.16. The maximum Gasteiger partial charge on any atom is 0.225 e. The van der Waals surface area contributed by atoms with E-state index < -0.39 is 23.1 Å². The number of nitrogens with one attached hydrogen (secondary N) is 2. The van der Waals surface area contributed by atoms with E-state index in [1.54, 1.807) is 6.07 Å². The Bertz CT molecular complexity index is 932. The highest BCUT2D eigenvalue weighted by molar-refractivity contribution is 5.67. The maximum atomic E-state index is 14.0. The Labute approximate surface area is 155 Å². The molecule has 0 radical (unpaired) electrons. The maximum absolute atomic E-state index is 14.0. The molecule has 0 unspecified atom stereocenters. The molecule has 0 bridgehead atoms. The van der Waals surface area contributed by atoms with Crippen LogP contribution in [-0.4, -0.2) is 16.0 Å². The molecule has 1 heterocycles. The van der Waals surface area contributed by atoms with E-state index in [9.17, 15) is 13.2 Å². The molecule has 4 nitrogen and oxygen atoms in total. The second-order valence-electron chi connectivity index (χ2n) is 6.12. The number of hydrogen-bond donors (Lipinski definition) is 2. The van der Waals surface area contributed by atoms with Crippen LogP contribution in [0.2, 0.25) is 0 Å². The van der Waals surface area contributed by atoms with Crippen LogP contribution in [0.1, 0.15) is 20.3 Å². The van der Waals surface area contributed by atoms with Gasteiger partial charge < -0.3 is 10.6 Å². The van der Waals surface area contributed by atoms with E-state index in [2.05, 4.69) is 20.6 Å². The molecular formula is C20H19F3N4. The summed E-state index contributed by atoms with van der Waals surface area (Å²) in [6, 6.07) is 12.6. The Balaban J connectivity index is 2.04. The van der Waals surface area contributed by atoms with Crippen molar-refractivity contribution in [3.05, 3.63) is 66.0 Å². The first-order chi connectivity index (χ1) is 13.0. The van der Waals surface area contributed by atoms with E-state index in [4.69, 9.17) is 0 Å². The third kappa shape index (κ3) is 4.36. The SMILES string of the molecule is CC[C@@H](C)Nc1nc(Nc2c(F)ccc(F)c2F)cc(-c2ccccc2)n1. The minimum atomic E-state index is -1.30. The Hall–Kier alpha value is -3.09. The Morgan fingerprint density at radius 3 is 2.37 bits per heavy atom. The van der Waals surface area contributed by atoms with Crippen molar-refractivity contribution < 1.29 is 13.2 Å². The summed E-state index contributed by atoms with van der Waals surface area (Å²) in [5.41, 5.74) is 0.786. The number of hydrogen-bond acceptors (Lipinski definition) is 4. The molecule has 0 fully saturated rings.